The second-order valence-electron chi connectivity index (χ2n) is 6.71. The Hall–Kier alpha value is -1.88. The highest BCUT2D eigenvalue weighted by molar-refractivity contribution is 6.30. The van der Waals surface area contributed by atoms with Crippen molar-refractivity contribution in [2.24, 2.45) is 0 Å². The quantitative estimate of drug-likeness (QED) is 0.753. The molecule has 0 bridgehead atoms. The Kier molecular flexibility index (Phi) is 4.75. The lowest BCUT2D eigenvalue weighted by molar-refractivity contribution is -0.0264. The summed E-state index contributed by atoms with van der Waals surface area (Å²) in [5.41, 5.74) is 3.01. The van der Waals surface area contributed by atoms with Crippen LogP contribution >= 0.6 is 11.6 Å². The number of fused-ring (bicyclic) bond motifs is 1. The number of aromatic nitrogens is 2. The number of benzene rings is 2. The summed E-state index contributed by atoms with van der Waals surface area (Å²) in [7, 11) is 2.16. The SMILES string of the molecule is CN1CCC(OC(c2cccc(Cl)c2)c2nc3ccccc3[nH]2)CC1. The summed E-state index contributed by atoms with van der Waals surface area (Å²) in [5.74, 6) is 0.836. The van der Waals surface area contributed by atoms with Crippen LogP contribution in [0.3, 0.4) is 0 Å². The number of imidazole rings is 1. The smallest absolute Gasteiger partial charge is 0.141 e. The Morgan fingerprint density at radius 2 is 1.96 bits per heavy atom. The fourth-order valence-corrected chi connectivity index (χ4v) is 3.58. The molecular weight excluding hydrogens is 334 g/mol. The third-order valence-corrected chi connectivity index (χ3v) is 5.04. The average molecular weight is 356 g/mol. The van der Waals surface area contributed by atoms with Gasteiger partial charge in [-0.05, 0) is 49.7 Å². The van der Waals surface area contributed by atoms with Crippen LogP contribution in [-0.4, -0.2) is 41.1 Å². The van der Waals surface area contributed by atoms with Crippen molar-refractivity contribution in [1.82, 2.24) is 14.9 Å². The molecule has 1 aliphatic heterocycles. The summed E-state index contributed by atoms with van der Waals surface area (Å²) in [5, 5.41) is 0.714. The van der Waals surface area contributed by atoms with Gasteiger partial charge >= 0.3 is 0 Å². The fraction of sp³-hybridized carbons (Fsp3) is 0.350. The maximum Gasteiger partial charge on any atom is 0.141 e. The molecule has 4 nitrogen and oxygen atoms in total. The van der Waals surface area contributed by atoms with Crippen molar-refractivity contribution >= 4 is 22.6 Å². The van der Waals surface area contributed by atoms with Crippen LogP contribution in [-0.2, 0) is 4.74 Å². The second kappa shape index (κ2) is 7.16. The highest BCUT2D eigenvalue weighted by atomic mass is 35.5. The summed E-state index contributed by atoms with van der Waals surface area (Å²) in [4.78, 5) is 10.5. The minimum Gasteiger partial charge on any atom is -0.362 e. The van der Waals surface area contributed by atoms with Gasteiger partial charge in [0.15, 0.2) is 0 Å². The molecule has 0 aliphatic carbocycles. The van der Waals surface area contributed by atoms with Gasteiger partial charge in [-0.3, -0.25) is 0 Å². The molecule has 1 fully saturated rings. The number of halogens is 1. The molecular formula is C20H22ClN3O. The Balaban J connectivity index is 1.67. The summed E-state index contributed by atoms with van der Waals surface area (Å²) < 4.78 is 6.52. The van der Waals surface area contributed by atoms with Gasteiger partial charge in [0.25, 0.3) is 0 Å². The number of hydrogen-bond acceptors (Lipinski definition) is 3. The highest BCUT2D eigenvalue weighted by Crippen LogP contribution is 2.31. The van der Waals surface area contributed by atoms with Crippen LogP contribution in [0.15, 0.2) is 48.5 Å². The van der Waals surface area contributed by atoms with Gasteiger partial charge in [0.2, 0.25) is 0 Å². The molecule has 3 aromatic rings. The number of rotatable bonds is 4. The fourth-order valence-electron chi connectivity index (χ4n) is 3.38. The molecule has 5 heteroatoms. The van der Waals surface area contributed by atoms with Crippen molar-refractivity contribution in [1.29, 1.82) is 0 Å². The first-order valence-electron chi connectivity index (χ1n) is 8.73. The van der Waals surface area contributed by atoms with E-state index in [1.54, 1.807) is 0 Å². The number of nitrogens with one attached hydrogen (secondary N) is 1. The normalized spacial score (nSPS) is 17.8. The van der Waals surface area contributed by atoms with E-state index >= 15 is 0 Å². The lowest BCUT2D eigenvalue weighted by atomic mass is 10.1. The number of piperidine rings is 1. The number of H-pyrrole nitrogens is 1. The first-order chi connectivity index (χ1) is 12.2. The molecule has 25 heavy (non-hydrogen) atoms. The number of aromatic amines is 1. The molecule has 1 atom stereocenters. The van der Waals surface area contributed by atoms with Gasteiger partial charge in [-0.25, -0.2) is 4.98 Å². The third kappa shape index (κ3) is 3.71. The first-order valence-corrected chi connectivity index (χ1v) is 9.11. The van der Waals surface area contributed by atoms with Gasteiger partial charge in [0.05, 0.1) is 17.1 Å². The van der Waals surface area contributed by atoms with Crippen LogP contribution in [0.1, 0.15) is 30.3 Å². The first kappa shape index (κ1) is 16.6. The van der Waals surface area contributed by atoms with E-state index in [0.717, 1.165) is 48.4 Å². The lowest BCUT2D eigenvalue weighted by Gasteiger charge is -2.31. The number of nitrogens with zero attached hydrogens (tertiary/aromatic N) is 2. The van der Waals surface area contributed by atoms with E-state index in [9.17, 15) is 0 Å². The third-order valence-electron chi connectivity index (χ3n) is 4.80. The molecule has 0 amide bonds. The number of ether oxygens (including phenoxy) is 1. The van der Waals surface area contributed by atoms with Crippen LogP contribution in [0.4, 0.5) is 0 Å². The molecule has 0 spiro atoms. The summed E-state index contributed by atoms with van der Waals surface area (Å²) in [6, 6.07) is 15.9. The predicted molar refractivity (Wildman–Crippen MR) is 101 cm³/mol. The Morgan fingerprint density at radius 1 is 1.16 bits per heavy atom. The minimum absolute atomic E-state index is 0.230. The zero-order chi connectivity index (χ0) is 17.2. The molecule has 1 aliphatic rings. The molecule has 2 aromatic carbocycles. The van der Waals surface area contributed by atoms with E-state index in [0.29, 0.717) is 5.02 Å². The van der Waals surface area contributed by atoms with Crippen molar-refractivity contribution < 1.29 is 4.74 Å². The van der Waals surface area contributed by atoms with E-state index in [1.807, 2.05) is 42.5 Å². The van der Waals surface area contributed by atoms with Crippen molar-refractivity contribution in [3.8, 4) is 0 Å². The van der Waals surface area contributed by atoms with Gasteiger partial charge in [0.1, 0.15) is 11.9 Å². The highest BCUT2D eigenvalue weighted by Gasteiger charge is 2.25. The van der Waals surface area contributed by atoms with E-state index in [-0.39, 0.29) is 12.2 Å². The second-order valence-corrected chi connectivity index (χ2v) is 7.15. The van der Waals surface area contributed by atoms with E-state index < -0.39 is 0 Å². The van der Waals surface area contributed by atoms with Crippen molar-refractivity contribution in [2.75, 3.05) is 20.1 Å². The molecule has 4 rings (SSSR count). The molecule has 0 saturated carbocycles. The maximum atomic E-state index is 6.52. The van der Waals surface area contributed by atoms with Crippen LogP contribution in [0.25, 0.3) is 11.0 Å². The van der Waals surface area contributed by atoms with Crippen LogP contribution in [0.2, 0.25) is 5.02 Å². The van der Waals surface area contributed by atoms with Crippen molar-refractivity contribution in [3.05, 3.63) is 64.9 Å². The predicted octanol–water partition coefficient (Wildman–Crippen LogP) is 4.42. The molecule has 1 unspecified atom stereocenters. The molecule has 2 heterocycles. The molecule has 0 radical (unpaired) electrons. The number of likely N-dealkylation sites (tertiary alicyclic amines) is 1. The van der Waals surface area contributed by atoms with Crippen LogP contribution in [0, 0.1) is 0 Å². The summed E-state index contributed by atoms with van der Waals surface area (Å²) in [6.45, 7) is 2.13. The van der Waals surface area contributed by atoms with Gasteiger partial charge in [-0.2, -0.15) is 0 Å². The largest absolute Gasteiger partial charge is 0.362 e. The maximum absolute atomic E-state index is 6.52. The lowest BCUT2D eigenvalue weighted by Crippen LogP contribution is -2.35. The van der Waals surface area contributed by atoms with E-state index in [2.05, 4.69) is 23.0 Å². The summed E-state index contributed by atoms with van der Waals surface area (Å²) >= 11 is 6.22. The Labute approximate surface area is 152 Å². The standard InChI is InChI=1S/C20H22ClN3O/c1-24-11-9-16(10-12-24)25-19(14-5-4-6-15(21)13-14)20-22-17-7-2-3-8-18(17)23-20/h2-8,13,16,19H,9-12H2,1H3,(H,22,23). The van der Waals surface area contributed by atoms with Gasteiger partial charge in [0, 0.05) is 18.1 Å². The molecule has 1 saturated heterocycles. The van der Waals surface area contributed by atoms with Gasteiger partial charge in [-0.15, -0.1) is 0 Å². The molecule has 1 aromatic heterocycles. The number of para-hydroxylation sites is 2. The Morgan fingerprint density at radius 3 is 2.72 bits per heavy atom. The van der Waals surface area contributed by atoms with Crippen molar-refractivity contribution in [2.45, 2.75) is 25.0 Å². The minimum atomic E-state index is -0.237. The monoisotopic (exact) mass is 355 g/mol. The molecule has 130 valence electrons. The molecule has 1 N–H and O–H groups in total. The zero-order valence-electron chi connectivity index (χ0n) is 14.3. The van der Waals surface area contributed by atoms with Crippen molar-refractivity contribution in [3.63, 3.8) is 0 Å². The van der Waals surface area contributed by atoms with Gasteiger partial charge in [-0.1, -0.05) is 35.9 Å². The average Bonchev–Trinajstić information content (AvgIpc) is 3.05. The van der Waals surface area contributed by atoms with E-state index in [4.69, 9.17) is 21.3 Å². The topological polar surface area (TPSA) is 41.1 Å². The number of hydrogen-bond donors (Lipinski definition) is 1. The summed E-state index contributed by atoms with van der Waals surface area (Å²) in [6.07, 6.45) is 2.06. The van der Waals surface area contributed by atoms with Gasteiger partial charge < -0.3 is 14.6 Å². The Bertz CT molecular complexity index is 822. The van der Waals surface area contributed by atoms with E-state index in [1.165, 1.54) is 0 Å². The van der Waals surface area contributed by atoms with Crippen LogP contribution in [0.5, 0.6) is 0 Å². The zero-order valence-corrected chi connectivity index (χ0v) is 15.0. The van der Waals surface area contributed by atoms with Crippen LogP contribution < -0.4 is 0 Å².